The molecule has 0 aliphatic heterocycles. The van der Waals surface area contributed by atoms with E-state index in [0.29, 0.717) is 27.8 Å². The number of hydrogen-bond donors (Lipinski definition) is 2. The van der Waals surface area contributed by atoms with E-state index in [1.54, 1.807) is 67.8 Å². The summed E-state index contributed by atoms with van der Waals surface area (Å²) in [6.07, 6.45) is 1.48. The molecular weight excluding hydrogens is 453 g/mol. The Morgan fingerprint density at radius 1 is 0.938 bits per heavy atom. The van der Waals surface area contributed by atoms with Gasteiger partial charge in [-0.05, 0) is 72.3 Å². The molecule has 0 saturated heterocycles. The van der Waals surface area contributed by atoms with Gasteiger partial charge >= 0.3 is 0 Å². The van der Waals surface area contributed by atoms with E-state index >= 15 is 0 Å². The van der Waals surface area contributed by atoms with E-state index in [1.165, 1.54) is 12.3 Å². The van der Waals surface area contributed by atoms with Crippen LogP contribution >= 0.6 is 23.2 Å². The highest BCUT2D eigenvalue weighted by atomic mass is 35.5. The van der Waals surface area contributed by atoms with Gasteiger partial charge in [-0.3, -0.25) is 9.59 Å². The second-order valence-electron chi connectivity index (χ2n) is 6.46. The molecule has 164 valence electrons. The van der Waals surface area contributed by atoms with E-state index in [4.69, 9.17) is 32.7 Å². The van der Waals surface area contributed by atoms with Crippen molar-refractivity contribution in [1.29, 1.82) is 0 Å². The first-order valence-corrected chi connectivity index (χ1v) is 10.2. The van der Waals surface area contributed by atoms with Crippen LogP contribution < -0.4 is 20.2 Å². The summed E-state index contributed by atoms with van der Waals surface area (Å²) in [5, 5.41) is 7.31. The van der Waals surface area contributed by atoms with Crippen molar-refractivity contribution < 1.29 is 19.1 Å². The Hall–Kier alpha value is -3.55. The molecule has 7 nitrogen and oxygen atoms in total. The summed E-state index contributed by atoms with van der Waals surface area (Å²) in [5.74, 6) is 0.525. The number of hydrazone groups is 1. The number of carbonyl (C=O) groups excluding carboxylic acids is 2. The topological polar surface area (TPSA) is 89.0 Å². The highest BCUT2D eigenvalue weighted by molar-refractivity contribution is 6.42. The van der Waals surface area contributed by atoms with E-state index in [-0.39, 0.29) is 17.5 Å². The minimum absolute atomic E-state index is 0.140. The number of benzene rings is 3. The molecule has 0 radical (unpaired) electrons. The zero-order valence-electron chi connectivity index (χ0n) is 17.0. The molecule has 0 bridgehead atoms. The van der Waals surface area contributed by atoms with Crippen LogP contribution in [0, 0.1) is 0 Å². The minimum Gasteiger partial charge on any atom is -0.497 e. The van der Waals surface area contributed by atoms with Crippen LogP contribution in [0.5, 0.6) is 11.5 Å². The van der Waals surface area contributed by atoms with Gasteiger partial charge in [-0.25, -0.2) is 5.43 Å². The molecule has 0 aliphatic rings. The lowest BCUT2D eigenvalue weighted by Gasteiger charge is -2.08. The zero-order chi connectivity index (χ0) is 22.9. The van der Waals surface area contributed by atoms with Gasteiger partial charge in [-0.2, -0.15) is 5.10 Å². The van der Waals surface area contributed by atoms with Gasteiger partial charge in [0.25, 0.3) is 11.8 Å². The molecule has 0 aromatic heterocycles. The van der Waals surface area contributed by atoms with Gasteiger partial charge in [0.1, 0.15) is 11.5 Å². The van der Waals surface area contributed by atoms with Crippen LogP contribution in [0.3, 0.4) is 0 Å². The molecule has 0 atom stereocenters. The summed E-state index contributed by atoms with van der Waals surface area (Å²) in [7, 11) is 1.58. The second kappa shape index (κ2) is 11.2. The Kier molecular flexibility index (Phi) is 8.08. The van der Waals surface area contributed by atoms with Gasteiger partial charge in [0.15, 0.2) is 6.61 Å². The third-order valence-corrected chi connectivity index (χ3v) is 4.92. The number of hydrogen-bond acceptors (Lipinski definition) is 5. The second-order valence-corrected chi connectivity index (χ2v) is 7.28. The number of methoxy groups -OCH3 is 1. The van der Waals surface area contributed by atoms with Crippen molar-refractivity contribution in [1.82, 2.24) is 5.43 Å². The quantitative estimate of drug-likeness (QED) is 0.365. The fourth-order valence-corrected chi connectivity index (χ4v) is 2.84. The first-order valence-electron chi connectivity index (χ1n) is 9.40. The van der Waals surface area contributed by atoms with Crippen molar-refractivity contribution in [2.75, 3.05) is 19.0 Å². The number of anilines is 1. The molecule has 0 spiro atoms. The van der Waals surface area contributed by atoms with Crippen LogP contribution in [-0.2, 0) is 4.79 Å². The molecule has 3 aromatic carbocycles. The first kappa shape index (κ1) is 23.1. The Morgan fingerprint density at radius 3 is 2.28 bits per heavy atom. The molecule has 0 aliphatic carbocycles. The lowest BCUT2D eigenvalue weighted by molar-refractivity contribution is -0.118. The molecule has 0 unspecified atom stereocenters. The normalized spacial score (nSPS) is 10.6. The van der Waals surface area contributed by atoms with Crippen molar-refractivity contribution in [2.45, 2.75) is 0 Å². The molecule has 2 amide bonds. The fourth-order valence-electron chi connectivity index (χ4n) is 2.54. The summed E-state index contributed by atoms with van der Waals surface area (Å²) in [5.41, 5.74) is 4.13. The molecule has 3 rings (SSSR count). The molecule has 32 heavy (non-hydrogen) atoms. The number of nitrogens with zero attached hydrogens (tertiary/aromatic N) is 1. The van der Waals surface area contributed by atoms with Crippen molar-refractivity contribution in [2.24, 2.45) is 5.10 Å². The number of carbonyl (C=O) groups is 2. The third kappa shape index (κ3) is 6.73. The van der Waals surface area contributed by atoms with Gasteiger partial charge in [-0.15, -0.1) is 0 Å². The van der Waals surface area contributed by atoms with Crippen LogP contribution in [0.15, 0.2) is 71.8 Å². The summed E-state index contributed by atoms with van der Waals surface area (Å²) < 4.78 is 10.6. The van der Waals surface area contributed by atoms with E-state index in [0.717, 1.165) is 5.56 Å². The average Bonchev–Trinajstić information content (AvgIpc) is 2.80. The minimum atomic E-state index is -0.414. The molecule has 2 N–H and O–H groups in total. The van der Waals surface area contributed by atoms with E-state index in [1.807, 2.05) is 0 Å². The third-order valence-electron chi connectivity index (χ3n) is 4.19. The average molecular weight is 472 g/mol. The molecular formula is C23H19Cl2N3O4. The smallest absolute Gasteiger partial charge is 0.271 e. The van der Waals surface area contributed by atoms with Crippen LogP contribution in [0.4, 0.5) is 5.69 Å². The van der Waals surface area contributed by atoms with Gasteiger partial charge < -0.3 is 14.8 Å². The number of amides is 2. The van der Waals surface area contributed by atoms with Crippen molar-refractivity contribution in [3.8, 4) is 11.5 Å². The Labute approximate surface area is 194 Å². The van der Waals surface area contributed by atoms with Crippen LogP contribution in [0.1, 0.15) is 15.9 Å². The van der Waals surface area contributed by atoms with Gasteiger partial charge in [0.2, 0.25) is 0 Å². The fraction of sp³-hybridized carbons (Fsp3) is 0.0870. The van der Waals surface area contributed by atoms with Crippen molar-refractivity contribution in [3.63, 3.8) is 0 Å². The van der Waals surface area contributed by atoms with Crippen molar-refractivity contribution in [3.05, 3.63) is 87.9 Å². The number of ether oxygens (including phenoxy) is 2. The predicted octanol–water partition coefficient (Wildman–Crippen LogP) is 4.78. The maximum atomic E-state index is 12.1. The molecule has 0 saturated carbocycles. The SMILES string of the molecule is COc1ccc(NC(=O)COc2ccc(/C=N\NC(=O)c3ccc(Cl)c(Cl)c3)cc2)cc1. The lowest BCUT2D eigenvalue weighted by Crippen LogP contribution is -2.20. The number of rotatable bonds is 8. The van der Waals surface area contributed by atoms with Crippen LogP contribution in [-0.4, -0.2) is 31.7 Å². The highest BCUT2D eigenvalue weighted by Crippen LogP contribution is 2.22. The maximum Gasteiger partial charge on any atom is 0.271 e. The summed E-state index contributed by atoms with van der Waals surface area (Å²) >= 11 is 11.7. The first-order chi connectivity index (χ1) is 15.4. The highest BCUT2D eigenvalue weighted by Gasteiger charge is 2.07. The van der Waals surface area contributed by atoms with Crippen LogP contribution in [0.25, 0.3) is 0 Å². The van der Waals surface area contributed by atoms with Gasteiger partial charge in [0.05, 0.1) is 23.4 Å². The van der Waals surface area contributed by atoms with Crippen LogP contribution in [0.2, 0.25) is 10.0 Å². The largest absolute Gasteiger partial charge is 0.497 e. The monoisotopic (exact) mass is 471 g/mol. The van der Waals surface area contributed by atoms with Gasteiger partial charge in [0, 0.05) is 11.3 Å². The molecule has 0 heterocycles. The van der Waals surface area contributed by atoms with Crippen molar-refractivity contribution >= 4 is 46.9 Å². The molecule has 3 aromatic rings. The Morgan fingerprint density at radius 2 is 1.62 bits per heavy atom. The lowest BCUT2D eigenvalue weighted by atomic mass is 10.2. The summed E-state index contributed by atoms with van der Waals surface area (Å²) in [4.78, 5) is 24.1. The predicted molar refractivity (Wildman–Crippen MR) is 125 cm³/mol. The van der Waals surface area contributed by atoms with E-state index in [9.17, 15) is 9.59 Å². The Balaban J connectivity index is 1.46. The molecule has 9 heteroatoms. The summed E-state index contributed by atoms with van der Waals surface area (Å²) in [6.45, 7) is -0.140. The number of halogens is 2. The maximum absolute atomic E-state index is 12.1. The van der Waals surface area contributed by atoms with E-state index in [2.05, 4.69) is 15.8 Å². The summed E-state index contributed by atoms with van der Waals surface area (Å²) in [6, 6.07) is 18.4. The Bertz CT molecular complexity index is 1120. The van der Waals surface area contributed by atoms with E-state index < -0.39 is 5.91 Å². The number of nitrogens with one attached hydrogen (secondary N) is 2. The standard InChI is InChI=1S/C23H19Cl2N3O4/c1-31-18-9-5-17(6-10-18)27-22(29)14-32-19-7-2-15(3-8-19)13-26-28-23(30)16-4-11-20(24)21(25)12-16/h2-13H,14H2,1H3,(H,27,29)(H,28,30)/b26-13-. The zero-order valence-corrected chi connectivity index (χ0v) is 18.5. The van der Waals surface area contributed by atoms with Gasteiger partial charge in [-0.1, -0.05) is 23.2 Å². The molecule has 0 fully saturated rings.